The van der Waals surface area contributed by atoms with Gasteiger partial charge in [0.05, 0.1) is 18.8 Å². The topological polar surface area (TPSA) is 41.9 Å². The number of aliphatic hydroxyl groups excluding tert-OH is 1. The van der Waals surface area contributed by atoms with E-state index in [1.54, 1.807) is 0 Å². The third-order valence-electron chi connectivity index (χ3n) is 6.44. The van der Waals surface area contributed by atoms with Crippen LogP contribution in [0.2, 0.25) is 0 Å². The summed E-state index contributed by atoms with van der Waals surface area (Å²) < 4.78 is 11.9. The van der Waals surface area contributed by atoms with Crippen molar-refractivity contribution in [3.63, 3.8) is 0 Å². The van der Waals surface area contributed by atoms with Gasteiger partial charge in [0.15, 0.2) is 0 Å². The highest BCUT2D eigenvalue weighted by Crippen LogP contribution is 2.51. The lowest BCUT2D eigenvalue weighted by Crippen LogP contribution is -2.62. The number of rotatable bonds is 7. The second kappa shape index (κ2) is 7.26. The summed E-state index contributed by atoms with van der Waals surface area (Å²) in [5.74, 6) is 1.82. The van der Waals surface area contributed by atoms with Crippen LogP contribution in [0, 0.1) is 11.3 Å². The first-order valence-corrected chi connectivity index (χ1v) is 9.94. The van der Waals surface area contributed by atoms with Crippen LogP contribution in [0.15, 0.2) is 24.3 Å². The third kappa shape index (κ3) is 3.57. The van der Waals surface area contributed by atoms with E-state index in [1.807, 2.05) is 6.92 Å². The van der Waals surface area contributed by atoms with Gasteiger partial charge in [-0.2, -0.15) is 0 Å². The highest BCUT2D eigenvalue weighted by molar-refractivity contribution is 5.33. The van der Waals surface area contributed by atoms with Gasteiger partial charge < -0.3 is 14.6 Å². The SMILES string of the molecule is CCOC1CC(O)C12CCN(Cc1ccccc1OCC1CC1)CC2. The number of hydrogen-bond acceptors (Lipinski definition) is 4. The van der Waals surface area contributed by atoms with Crippen molar-refractivity contribution in [2.75, 3.05) is 26.3 Å². The molecule has 2 atom stereocenters. The van der Waals surface area contributed by atoms with E-state index in [2.05, 4.69) is 29.2 Å². The molecule has 3 fully saturated rings. The maximum Gasteiger partial charge on any atom is 0.123 e. The van der Waals surface area contributed by atoms with Crippen LogP contribution in [0.1, 0.15) is 44.6 Å². The van der Waals surface area contributed by atoms with Gasteiger partial charge in [0.2, 0.25) is 0 Å². The predicted molar refractivity (Wildman–Crippen MR) is 97.6 cm³/mol. The number of nitrogens with zero attached hydrogens (tertiary/aromatic N) is 1. The zero-order chi connectivity index (χ0) is 17.3. The highest BCUT2D eigenvalue weighted by atomic mass is 16.5. The van der Waals surface area contributed by atoms with Crippen LogP contribution in [0.3, 0.4) is 0 Å². The molecule has 1 spiro atoms. The summed E-state index contributed by atoms with van der Waals surface area (Å²) in [4.78, 5) is 2.50. The average Bonchev–Trinajstić information content (AvgIpc) is 3.46. The van der Waals surface area contributed by atoms with Crippen molar-refractivity contribution in [3.05, 3.63) is 29.8 Å². The second-order valence-electron chi connectivity index (χ2n) is 8.07. The summed E-state index contributed by atoms with van der Waals surface area (Å²) in [6.07, 6.45) is 5.59. The molecule has 0 bridgehead atoms. The van der Waals surface area contributed by atoms with Crippen LogP contribution >= 0.6 is 0 Å². The van der Waals surface area contributed by atoms with Crippen LogP contribution in [-0.2, 0) is 11.3 Å². The van der Waals surface area contributed by atoms with Gasteiger partial charge >= 0.3 is 0 Å². The normalized spacial score (nSPS) is 28.7. The van der Waals surface area contributed by atoms with Gasteiger partial charge in [0.25, 0.3) is 0 Å². The molecule has 2 saturated carbocycles. The summed E-state index contributed by atoms with van der Waals surface area (Å²) in [6, 6.07) is 8.46. The highest BCUT2D eigenvalue weighted by Gasteiger charge is 2.55. The molecule has 1 heterocycles. The van der Waals surface area contributed by atoms with Gasteiger partial charge in [0, 0.05) is 30.6 Å². The largest absolute Gasteiger partial charge is 0.493 e. The Balaban J connectivity index is 1.34. The first-order valence-electron chi connectivity index (χ1n) is 9.94. The summed E-state index contributed by atoms with van der Waals surface area (Å²) in [6.45, 7) is 6.64. The minimum atomic E-state index is -0.180. The number of hydrogen-bond donors (Lipinski definition) is 1. The van der Waals surface area contributed by atoms with Crippen LogP contribution in [-0.4, -0.2) is 48.5 Å². The molecule has 0 radical (unpaired) electrons. The molecule has 1 aromatic carbocycles. The Morgan fingerprint density at radius 1 is 1.20 bits per heavy atom. The fourth-order valence-corrected chi connectivity index (χ4v) is 4.45. The van der Waals surface area contributed by atoms with Crippen molar-refractivity contribution in [2.24, 2.45) is 11.3 Å². The van der Waals surface area contributed by atoms with Gasteiger partial charge in [-0.25, -0.2) is 0 Å². The quantitative estimate of drug-likeness (QED) is 0.824. The predicted octanol–water partition coefficient (Wildman–Crippen LogP) is 3.23. The zero-order valence-electron chi connectivity index (χ0n) is 15.3. The van der Waals surface area contributed by atoms with E-state index in [0.29, 0.717) is 0 Å². The van der Waals surface area contributed by atoms with Crippen LogP contribution in [0.25, 0.3) is 0 Å². The number of aliphatic hydroxyl groups is 1. The standard InChI is InChI=1S/C21H31NO3/c1-2-24-20-13-19(23)21(20)9-11-22(12-10-21)14-17-5-3-4-6-18(17)25-15-16-7-8-16/h3-6,16,19-20,23H,2,7-15H2,1H3. The molecule has 0 amide bonds. The maximum absolute atomic E-state index is 10.3. The molecule has 138 valence electrons. The number of para-hydroxylation sites is 1. The Labute approximate surface area is 151 Å². The second-order valence-corrected chi connectivity index (χ2v) is 8.07. The number of likely N-dealkylation sites (tertiary alicyclic amines) is 1. The number of ether oxygens (including phenoxy) is 2. The van der Waals surface area contributed by atoms with Gasteiger partial charge in [-0.1, -0.05) is 18.2 Å². The summed E-state index contributed by atoms with van der Waals surface area (Å²) in [5.41, 5.74) is 1.30. The Kier molecular flexibility index (Phi) is 5.03. The van der Waals surface area contributed by atoms with E-state index in [1.165, 1.54) is 18.4 Å². The van der Waals surface area contributed by atoms with Crippen molar-refractivity contribution < 1.29 is 14.6 Å². The lowest BCUT2D eigenvalue weighted by molar-refractivity contribution is -0.209. The third-order valence-corrected chi connectivity index (χ3v) is 6.44. The Morgan fingerprint density at radius 2 is 1.96 bits per heavy atom. The van der Waals surface area contributed by atoms with E-state index in [9.17, 15) is 5.11 Å². The van der Waals surface area contributed by atoms with E-state index in [-0.39, 0.29) is 17.6 Å². The molecule has 0 aromatic heterocycles. The molecular weight excluding hydrogens is 314 g/mol. The molecule has 1 N–H and O–H groups in total. The molecule has 2 aliphatic carbocycles. The lowest BCUT2D eigenvalue weighted by atomic mass is 9.58. The summed E-state index contributed by atoms with van der Waals surface area (Å²) in [7, 11) is 0. The van der Waals surface area contributed by atoms with Gasteiger partial charge in [-0.05, 0) is 57.7 Å². The van der Waals surface area contributed by atoms with Gasteiger partial charge in [0.1, 0.15) is 5.75 Å². The summed E-state index contributed by atoms with van der Waals surface area (Å²) in [5, 5.41) is 10.3. The van der Waals surface area contributed by atoms with Crippen molar-refractivity contribution in [1.29, 1.82) is 0 Å². The fraction of sp³-hybridized carbons (Fsp3) is 0.714. The minimum Gasteiger partial charge on any atom is -0.493 e. The van der Waals surface area contributed by atoms with Gasteiger partial charge in [-0.3, -0.25) is 4.90 Å². The monoisotopic (exact) mass is 345 g/mol. The Bertz CT molecular complexity index is 576. The molecule has 1 aliphatic heterocycles. The van der Waals surface area contributed by atoms with E-state index in [4.69, 9.17) is 9.47 Å². The smallest absolute Gasteiger partial charge is 0.123 e. The summed E-state index contributed by atoms with van der Waals surface area (Å²) >= 11 is 0. The van der Waals surface area contributed by atoms with Crippen molar-refractivity contribution in [3.8, 4) is 5.75 Å². The van der Waals surface area contributed by atoms with E-state index in [0.717, 1.165) is 63.8 Å². The molecular formula is C21H31NO3. The fourth-order valence-electron chi connectivity index (χ4n) is 4.45. The van der Waals surface area contributed by atoms with E-state index >= 15 is 0 Å². The molecule has 25 heavy (non-hydrogen) atoms. The molecule has 4 nitrogen and oxygen atoms in total. The average molecular weight is 345 g/mol. The molecule has 1 aromatic rings. The zero-order valence-corrected chi connectivity index (χ0v) is 15.3. The number of piperidine rings is 1. The van der Waals surface area contributed by atoms with Crippen molar-refractivity contribution in [1.82, 2.24) is 4.90 Å². The first kappa shape index (κ1) is 17.3. The molecule has 4 rings (SSSR count). The van der Waals surface area contributed by atoms with E-state index < -0.39 is 0 Å². The Hall–Kier alpha value is -1.10. The van der Waals surface area contributed by atoms with Crippen LogP contribution < -0.4 is 4.74 Å². The van der Waals surface area contributed by atoms with Gasteiger partial charge in [-0.15, -0.1) is 0 Å². The molecule has 3 aliphatic rings. The molecule has 4 heteroatoms. The van der Waals surface area contributed by atoms with Crippen LogP contribution in [0.5, 0.6) is 5.75 Å². The molecule has 2 unspecified atom stereocenters. The lowest BCUT2D eigenvalue weighted by Gasteiger charge is -2.56. The van der Waals surface area contributed by atoms with Crippen molar-refractivity contribution >= 4 is 0 Å². The van der Waals surface area contributed by atoms with Crippen molar-refractivity contribution in [2.45, 2.75) is 57.8 Å². The Morgan fingerprint density at radius 3 is 2.64 bits per heavy atom. The maximum atomic E-state index is 10.3. The van der Waals surface area contributed by atoms with Crippen LogP contribution in [0.4, 0.5) is 0 Å². The number of benzene rings is 1. The minimum absolute atomic E-state index is 0.00843. The first-order chi connectivity index (χ1) is 12.2. The molecule has 1 saturated heterocycles.